The lowest BCUT2D eigenvalue weighted by Crippen LogP contribution is -2.30. The van der Waals surface area contributed by atoms with Crippen molar-refractivity contribution in [1.82, 2.24) is 9.47 Å². The van der Waals surface area contributed by atoms with E-state index in [0.717, 1.165) is 40.6 Å². The first-order valence-corrected chi connectivity index (χ1v) is 10.3. The van der Waals surface area contributed by atoms with Gasteiger partial charge in [0.25, 0.3) is 0 Å². The lowest BCUT2D eigenvalue weighted by Gasteiger charge is -2.20. The molecule has 126 valence electrons. The fourth-order valence-electron chi connectivity index (χ4n) is 3.44. The van der Waals surface area contributed by atoms with Crippen molar-refractivity contribution in [2.45, 2.75) is 52.0 Å². The van der Waals surface area contributed by atoms with Crippen molar-refractivity contribution in [3.8, 4) is 0 Å². The van der Waals surface area contributed by atoms with Crippen molar-refractivity contribution in [3.05, 3.63) is 31.8 Å². The zero-order valence-electron chi connectivity index (χ0n) is 13.8. The monoisotopic (exact) mass is 396 g/mol. The number of fused-ring (bicyclic) bond motifs is 1. The molecule has 1 saturated heterocycles. The molecule has 0 atom stereocenters. The minimum absolute atomic E-state index is 0.171. The first-order valence-electron chi connectivity index (χ1n) is 8.73. The Morgan fingerprint density at radius 2 is 1.87 bits per heavy atom. The number of halogens is 1. The second-order valence-corrected chi connectivity index (χ2v) is 8.30. The summed E-state index contributed by atoms with van der Waals surface area (Å²) in [5.74, 6) is 0. The topological polar surface area (TPSA) is 25.2 Å². The maximum absolute atomic E-state index is 12.4. The number of hydrogen-bond donors (Lipinski definition) is 0. The van der Waals surface area contributed by atoms with Gasteiger partial charge in [0.15, 0.2) is 0 Å². The highest BCUT2D eigenvalue weighted by molar-refractivity contribution is 9.10. The third-order valence-electron chi connectivity index (χ3n) is 4.65. The number of thiazole rings is 1. The van der Waals surface area contributed by atoms with E-state index in [2.05, 4.69) is 39.9 Å². The minimum Gasteiger partial charge on any atom is -0.302 e. The Morgan fingerprint density at radius 3 is 2.57 bits per heavy atom. The van der Waals surface area contributed by atoms with Gasteiger partial charge in [0.1, 0.15) is 0 Å². The molecule has 1 aromatic heterocycles. The Balaban J connectivity index is 1.82. The predicted molar refractivity (Wildman–Crippen MR) is 103 cm³/mol. The highest BCUT2D eigenvalue weighted by Crippen LogP contribution is 2.28. The summed E-state index contributed by atoms with van der Waals surface area (Å²) in [6, 6.07) is 4.37. The van der Waals surface area contributed by atoms with Crippen LogP contribution >= 0.6 is 27.3 Å². The fraction of sp³-hybridized carbons (Fsp3) is 0.611. The minimum atomic E-state index is 0.171. The maximum Gasteiger partial charge on any atom is 0.308 e. The molecule has 3 nitrogen and oxygen atoms in total. The van der Waals surface area contributed by atoms with E-state index in [1.54, 1.807) is 0 Å². The number of nitrogens with zero attached hydrogens (tertiary/aromatic N) is 2. The van der Waals surface area contributed by atoms with Crippen molar-refractivity contribution < 1.29 is 0 Å². The van der Waals surface area contributed by atoms with E-state index in [-0.39, 0.29) is 4.87 Å². The molecular weight excluding hydrogens is 372 g/mol. The fourth-order valence-corrected chi connectivity index (χ4v) is 5.31. The van der Waals surface area contributed by atoms with Crippen LogP contribution in [0.15, 0.2) is 21.4 Å². The van der Waals surface area contributed by atoms with Crippen molar-refractivity contribution in [2.24, 2.45) is 0 Å². The number of aromatic nitrogens is 1. The standard InChI is InChI=1S/C18H25BrN2OS/c1-2-7-14-12-15(19)17-16(13-14)23-18(22)21(17)11-10-20-8-5-3-4-6-9-20/h12-13H,2-11H2,1H3. The largest absolute Gasteiger partial charge is 0.308 e. The highest BCUT2D eigenvalue weighted by atomic mass is 79.9. The van der Waals surface area contributed by atoms with Gasteiger partial charge in [-0.2, -0.15) is 0 Å². The van der Waals surface area contributed by atoms with Crippen LogP contribution < -0.4 is 4.87 Å². The van der Waals surface area contributed by atoms with Crippen LogP contribution in [0, 0.1) is 0 Å². The Bertz CT molecular complexity index is 714. The molecule has 0 bridgehead atoms. The second kappa shape index (κ2) is 7.95. The van der Waals surface area contributed by atoms with Crippen molar-refractivity contribution in [3.63, 3.8) is 0 Å². The molecule has 23 heavy (non-hydrogen) atoms. The van der Waals surface area contributed by atoms with Gasteiger partial charge >= 0.3 is 4.87 Å². The van der Waals surface area contributed by atoms with Crippen LogP contribution in [0.2, 0.25) is 0 Å². The molecule has 2 heterocycles. The summed E-state index contributed by atoms with van der Waals surface area (Å²) in [6.45, 7) is 6.32. The summed E-state index contributed by atoms with van der Waals surface area (Å²) in [6.07, 6.45) is 7.48. The average molecular weight is 397 g/mol. The first-order chi connectivity index (χ1) is 11.2. The van der Waals surface area contributed by atoms with Gasteiger partial charge < -0.3 is 4.90 Å². The zero-order chi connectivity index (χ0) is 16.2. The highest BCUT2D eigenvalue weighted by Gasteiger charge is 2.14. The van der Waals surface area contributed by atoms with Gasteiger partial charge in [-0.15, -0.1) is 0 Å². The SMILES string of the molecule is CCCc1cc(Br)c2c(c1)sc(=O)n2CCN1CCCCCC1. The summed E-state index contributed by atoms with van der Waals surface area (Å²) in [7, 11) is 0. The number of aryl methyl sites for hydroxylation is 1. The van der Waals surface area contributed by atoms with Gasteiger partial charge in [-0.05, 0) is 66.0 Å². The molecule has 2 aromatic rings. The van der Waals surface area contributed by atoms with Crippen LogP contribution in [0.25, 0.3) is 10.2 Å². The Hall–Kier alpha value is -0.650. The molecule has 0 unspecified atom stereocenters. The molecule has 1 fully saturated rings. The molecule has 0 amide bonds. The summed E-state index contributed by atoms with van der Waals surface area (Å²) in [4.78, 5) is 15.1. The van der Waals surface area contributed by atoms with E-state index >= 15 is 0 Å². The van der Waals surface area contributed by atoms with Crippen molar-refractivity contribution >= 4 is 37.5 Å². The van der Waals surface area contributed by atoms with Gasteiger partial charge in [0.05, 0.1) is 10.2 Å². The third kappa shape index (κ3) is 4.06. The van der Waals surface area contributed by atoms with E-state index in [1.807, 2.05) is 4.57 Å². The lowest BCUT2D eigenvalue weighted by atomic mass is 10.1. The molecule has 3 rings (SSSR count). The molecule has 0 aliphatic carbocycles. The maximum atomic E-state index is 12.4. The van der Waals surface area contributed by atoms with E-state index < -0.39 is 0 Å². The summed E-state index contributed by atoms with van der Waals surface area (Å²) < 4.78 is 4.14. The second-order valence-electron chi connectivity index (χ2n) is 6.45. The Kier molecular flexibility index (Phi) is 5.94. The van der Waals surface area contributed by atoms with Crippen molar-refractivity contribution in [1.29, 1.82) is 0 Å². The summed E-state index contributed by atoms with van der Waals surface area (Å²) in [5.41, 5.74) is 2.39. The van der Waals surface area contributed by atoms with Crippen LogP contribution in [0.3, 0.4) is 0 Å². The van der Waals surface area contributed by atoms with E-state index in [1.165, 1.54) is 55.7 Å². The van der Waals surface area contributed by atoms with Crippen LogP contribution in [0.5, 0.6) is 0 Å². The average Bonchev–Trinajstić information content (AvgIpc) is 2.69. The number of likely N-dealkylation sites (tertiary alicyclic amines) is 1. The predicted octanol–water partition coefficient (Wildman–Crippen LogP) is 4.65. The van der Waals surface area contributed by atoms with Crippen LogP contribution in [-0.4, -0.2) is 29.1 Å². The van der Waals surface area contributed by atoms with Crippen LogP contribution in [-0.2, 0) is 13.0 Å². The Morgan fingerprint density at radius 1 is 1.13 bits per heavy atom. The third-order valence-corrected chi connectivity index (χ3v) is 6.18. The van der Waals surface area contributed by atoms with E-state index in [0.29, 0.717) is 0 Å². The summed E-state index contributed by atoms with van der Waals surface area (Å²) in [5, 5.41) is 0. The molecule has 0 spiro atoms. The molecule has 5 heteroatoms. The van der Waals surface area contributed by atoms with Crippen LogP contribution in [0.4, 0.5) is 0 Å². The number of rotatable bonds is 5. The zero-order valence-corrected chi connectivity index (χ0v) is 16.2. The van der Waals surface area contributed by atoms with Gasteiger partial charge in [0, 0.05) is 17.6 Å². The molecular formula is C18H25BrN2OS. The summed E-state index contributed by atoms with van der Waals surface area (Å²) >= 11 is 5.08. The first kappa shape index (κ1) is 17.2. The normalized spacial score (nSPS) is 16.8. The van der Waals surface area contributed by atoms with E-state index in [9.17, 15) is 4.79 Å². The molecule has 0 saturated carbocycles. The van der Waals surface area contributed by atoms with Gasteiger partial charge in [0.2, 0.25) is 0 Å². The van der Waals surface area contributed by atoms with Gasteiger partial charge in [-0.25, -0.2) is 0 Å². The quantitative estimate of drug-likeness (QED) is 0.734. The van der Waals surface area contributed by atoms with Gasteiger partial charge in [-0.3, -0.25) is 9.36 Å². The number of benzene rings is 1. The molecule has 1 aromatic carbocycles. The molecule has 0 radical (unpaired) electrons. The molecule has 1 aliphatic heterocycles. The van der Waals surface area contributed by atoms with Crippen molar-refractivity contribution in [2.75, 3.05) is 19.6 Å². The number of hydrogen-bond acceptors (Lipinski definition) is 3. The Labute approximate surface area is 150 Å². The molecule has 1 aliphatic rings. The molecule has 0 N–H and O–H groups in total. The van der Waals surface area contributed by atoms with E-state index in [4.69, 9.17) is 0 Å². The van der Waals surface area contributed by atoms with Crippen LogP contribution in [0.1, 0.15) is 44.6 Å². The smallest absolute Gasteiger partial charge is 0.302 e. The lowest BCUT2D eigenvalue weighted by molar-refractivity contribution is 0.274. The van der Waals surface area contributed by atoms with Gasteiger partial charge in [-0.1, -0.05) is 37.5 Å².